The molecule has 1 aromatic carbocycles. The fourth-order valence-corrected chi connectivity index (χ4v) is 2.40. The quantitative estimate of drug-likeness (QED) is 0.760. The highest BCUT2D eigenvalue weighted by molar-refractivity contribution is 5.34. The number of benzene rings is 1. The van der Waals surface area contributed by atoms with Crippen LogP contribution in [0.5, 0.6) is 0 Å². The molecule has 3 aromatic rings. The predicted octanol–water partition coefficient (Wildman–Crippen LogP) is 2.81. The van der Waals surface area contributed by atoms with Gasteiger partial charge in [-0.25, -0.2) is 4.98 Å². The highest BCUT2D eigenvalue weighted by Gasteiger charge is 2.13. The van der Waals surface area contributed by atoms with E-state index in [2.05, 4.69) is 53.5 Å². The minimum absolute atomic E-state index is 0.320. The smallest absolute Gasteiger partial charge is 0.0991 e. The molecule has 3 rings (SSSR count). The second-order valence-corrected chi connectivity index (χ2v) is 5.53. The number of nitrogens with zero attached hydrogens (tertiary/aromatic N) is 4. The molecule has 0 aliphatic carbocycles. The fourth-order valence-electron chi connectivity index (χ4n) is 2.40. The summed E-state index contributed by atoms with van der Waals surface area (Å²) in [6.07, 6.45) is 9.36. The van der Waals surface area contributed by atoms with Crippen LogP contribution in [0.1, 0.15) is 25.5 Å². The van der Waals surface area contributed by atoms with Gasteiger partial charge < -0.3 is 9.88 Å². The van der Waals surface area contributed by atoms with Crippen molar-refractivity contribution in [2.75, 3.05) is 0 Å². The molecule has 0 aliphatic heterocycles. The van der Waals surface area contributed by atoms with Crippen molar-refractivity contribution >= 4 is 0 Å². The van der Waals surface area contributed by atoms with Crippen LogP contribution in [0.3, 0.4) is 0 Å². The van der Waals surface area contributed by atoms with Crippen molar-refractivity contribution in [3.63, 3.8) is 0 Å². The molecule has 0 fully saturated rings. The van der Waals surface area contributed by atoms with E-state index >= 15 is 0 Å². The maximum absolute atomic E-state index is 4.30. The zero-order chi connectivity index (χ0) is 15.4. The van der Waals surface area contributed by atoms with Gasteiger partial charge in [0.05, 0.1) is 12.4 Å². The molecule has 2 atom stereocenters. The summed E-state index contributed by atoms with van der Waals surface area (Å²) >= 11 is 0. The molecule has 0 unspecified atom stereocenters. The molecule has 114 valence electrons. The van der Waals surface area contributed by atoms with Crippen LogP contribution in [0.15, 0.2) is 61.4 Å². The molecule has 2 aromatic heterocycles. The molecule has 22 heavy (non-hydrogen) atoms. The summed E-state index contributed by atoms with van der Waals surface area (Å²) in [6.45, 7) is 5.20. The largest absolute Gasteiger partial charge is 0.308 e. The highest BCUT2D eigenvalue weighted by atomic mass is 15.3. The summed E-state index contributed by atoms with van der Waals surface area (Å²) in [4.78, 5) is 4.07. The lowest BCUT2D eigenvalue weighted by atomic mass is 10.1. The van der Waals surface area contributed by atoms with Crippen molar-refractivity contribution in [1.29, 1.82) is 0 Å². The molecule has 1 N–H and O–H groups in total. The lowest BCUT2D eigenvalue weighted by Gasteiger charge is -2.22. The first-order valence-corrected chi connectivity index (χ1v) is 7.54. The summed E-state index contributed by atoms with van der Waals surface area (Å²) in [5.41, 5.74) is 2.39. The van der Waals surface area contributed by atoms with Crippen molar-refractivity contribution in [1.82, 2.24) is 24.6 Å². The van der Waals surface area contributed by atoms with E-state index in [1.165, 1.54) is 5.56 Å². The Balaban J connectivity index is 1.57. The van der Waals surface area contributed by atoms with Gasteiger partial charge in [0, 0.05) is 43.1 Å². The number of rotatable bonds is 6. The van der Waals surface area contributed by atoms with Crippen LogP contribution in [-0.2, 0) is 6.54 Å². The monoisotopic (exact) mass is 295 g/mol. The molecule has 5 heteroatoms. The number of hydrogen-bond acceptors (Lipinski definition) is 3. The first-order chi connectivity index (χ1) is 10.7. The Morgan fingerprint density at radius 2 is 1.91 bits per heavy atom. The van der Waals surface area contributed by atoms with Gasteiger partial charge >= 0.3 is 0 Å². The van der Waals surface area contributed by atoms with Crippen LogP contribution in [0.2, 0.25) is 0 Å². The van der Waals surface area contributed by atoms with Gasteiger partial charge in [0.25, 0.3) is 0 Å². The van der Waals surface area contributed by atoms with Gasteiger partial charge in [0.1, 0.15) is 0 Å². The molecule has 5 nitrogen and oxygen atoms in total. The van der Waals surface area contributed by atoms with Gasteiger partial charge in [-0.15, -0.1) is 0 Å². The third-order valence-electron chi connectivity index (χ3n) is 4.03. The Labute approximate surface area is 130 Å². The highest BCUT2D eigenvalue weighted by Crippen LogP contribution is 2.12. The van der Waals surface area contributed by atoms with Crippen molar-refractivity contribution in [2.45, 2.75) is 32.5 Å². The van der Waals surface area contributed by atoms with E-state index in [0.717, 1.165) is 12.2 Å². The molecular weight excluding hydrogens is 274 g/mol. The topological polar surface area (TPSA) is 47.7 Å². The summed E-state index contributed by atoms with van der Waals surface area (Å²) in [5.74, 6) is 0. The van der Waals surface area contributed by atoms with Crippen molar-refractivity contribution in [2.24, 2.45) is 0 Å². The van der Waals surface area contributed by atoms with Crippen molar-refractivity contribution in [3.05, 3.63) is 67.0 Å². The van der Waals surface area contributed by atoms with Gasteiger partial charge in [-0.1, -0.05) is 12.1 Å². The summed E-state index contributed by atoms with van der Waals surface area (Å²) in [7, 11) is 0. The Morgan fingerprint density at radius 3 is 2.55 bits per heavy atom. The zero-order valence-corrected chi connectivity index (χ0v) is 12.9. The molecule has 0 aliphatic rings. The molecule has 0 amide bonds. The number of nitrogens with one attached hydrogen (secondary N) is 1. The minimum atomic E-state index is 0.320. The first kappa shape index (κ1) is 14.5. The fraction of sp³-hybridized carbons (Fsp3) is 0.294. The van der Waals surface area contributed by atoms with E-state index in [0.29, 0.717) is 12.1 Å². The van der Waals surface area contributed by atoms with Crippen LogP contribution in [-0.4, -0.2) is 25.4 Å². The molecule has 0 radical (unpaired) electrons. The lowest BCUT2D eigenvalue weighted by Crippen LogP contribution is -2.33. The van der Waals surface area contributed by atoms with Crippen LogP contribution in [0.4, 0.5) is 0 Å². The van der Waals surface area contributed by atoms with Gasteiger partial charge in [-0.05, 0) is 37.6 Å². The second-order valence-electron chi connectivity index (χ2n) is 5.53. The SMILES string of the molecule is C[C@H]([C@@H](C)NCc1ccc(-n2ccnc2)cc1)n1cccn1. The van der Waals surface area contributed by atoms with Crippen molar-refractivity contribution < 1.29 is 0 Å². The Hall–Kier alpha value is -2.40. The van der Waals surface area contributed by atoms with E-state index in [1.807, 2.05) is 33.9 Å². The standard InChI is InChI=1S/C17H21N5/c1-14(15(2)22-10-3-8-20-22)19-12-16-4-6-17(7-5-16)21-11-9-18-13-21/h3-11,13-15,19H,12H2,1-2H3/t14-,15-/m1/s1. The van der Waals surface area contributed by atoms with Gasteiger partial charge in [-0.3, -0.25) is 4.68 Å². The molecule has 0 saturated carbocycles. The lowest BCUT2D eigenvalue weighted by molar-refractivity contribution is 0.365. The molecule has 0 bridgehead atoms. The van der Waals surface area contributed by atoms with Crippen LogP contribution in [0, 0.1) is 0 Å². The average molecular weight is 295 g/mol. The van der Waals surface area contributed by atoms with E-state index in [4.69, 9.17) is 0 Å². The van der Waals surface area contributed by atoms with Gasteiger partial charge in [0.2, 0.25) is 0 Å². The zero-order valence-electron chi connectivity index (χ0n) is 12.9. The summed E-state index contributed by atoms with van der Waals surface area (Å²) in [6, 6.07) is 11.1. The number of aromatic nitrogens is 4. The molecular formula is C17H21N5. The maximum Gasteiger partial charge on any atom is 0.0991 e. The van der Waals surface area contributed by atoms with E-state index in [1.54, 1.807) is 12.5 Å². The van der Waals surface area contributed by atoms with E-state index in [-0.39, 0.29) is 0 Å². The van der Waals surface area contributed by atoms with Gasteiger partial charge in [-0.2, -0.15) is 5.10 Å². The first-order valence-electron chi connectivity index (χ1n) is 7.54. The van der Waals surface area contributed by atoms with Crippen LogP contribution >= 0.6 is 0 Å². The Bertz CT molecular complexity index is 670. The molecule has 0 saturated heterocycles. The van der Waals surface area contributed by atoms with Crippen LogP contribution < -0.4 is 5.32 Å². The molecule has 0 spiro atoms. The predicted molar refractivity (Wildman–Crippen MR) is 86.8 cm³/mol. The second kappa shape index (κ2) is 6.58. The van der Waals surface area contributed by atoms with E-state index < -0.39 is 0 Å². The molecule has 2 heterocycles. The minimum Gasteiger partial charge on any atom is -0.308 e. The van der Waals surface area contributed by atoms with E-state index in [9.17, 15) is 0 Å². The Kier molecular flexibility index (Phi) is 4.34. The normalized spacial score (nSPS) is 13.9. The number of hydrogen-bond donors (Lipinski definition) is 1. The maximum atomic E-state index is 4.30. The van der Waals surface area contributed by atoms with Crippen molar-refractivity contribution in [3.8, 4) is 5.69 Å². The average Bonchev–Trinajstić information content (AvgIpc) is 3.25. The summed E-state index contributed by atoms with van der Waals surface area (Å²) in [5, 5.41) is 7.86. The third-order valence-corrected chi connectivity index (χ3v) is 4.03. The van der Waals surface area contributed by atoms with Gasteiger partial charge in [0.15, 0.2) is 0 Å². The Morgan fingerprint density at radius 1 is 1.09 bits per heavy atom. The third kappa shape index (κ3) is 3.26. The summed E-state index contributed by atoms with van der Waals surface area (Å²) < 4.78 is 3.99. The number of imidazole rings is 1. The van der Waals surface area contributed by atoms with Crippen LogP contribution in [0.25, 0.3) is 5.69 Å².